The van der Waals surface area contributed by atoms with Crippen molar-refractivity contribution < 1.29 is 9.59 Å². The van der Waals surface area contributed by atoms with Gasteiger partial charge in [-0.15, -0.1) is 0 Å². The van der Waals surface area contributed by atoms with Crippen LogP contribution in [0.2, 0.25) is 5.02 Å². The van der Waals surface area contributed by atoms with E-state index in [1.165, 1.54) is 11.1 Å². The molecule has 0 spiro atoms. The number of allylic oxidation sites excluding steroid dienone is 1. The molecule has 3 rings (SSSR count). The molecule has 2 aromatic carbocycles. The van der Waals surface area contributed by atoms with Crippen molar-refractivity contribution in [2.24, 2.45) is 5.92 Å². The molecule has 0 aliphatic carbocycles. The number of aryl methyl sites for hydroxylation is 1. The zero-order valence-corrected chi connectivity index (χ0v) is 17.7. The standard InChI is InChI=1S/C24H27ClN2O2/c1-3-7-18(22-15-20(25)11-10-17(22)2)12-13-26-24(29)19-14-23(28)27(16-19)21-8-5-4-6-9-21/h4-11,15,19H,3,12-14,16H2,1-2H3,(H,26,29). The quantitative estimate of drug-likeness (QED) is 0.698. The van der Waals surface area contributed by atoms with Crippen molar-refractivity contribution in [2.75, 3.05) is 18.0 Å². The Morgan fingerprint density at radius 3 is 2.72 bits per heavy atom. The number of para-hydroxylation sites is 1. The molecule has 1 heterocycles. The maximum absolute atomic E-state index is 12.6. The Hall–Kier alpha value is -2.59. The van der Waals surface area contributed by atoms with E-state index in [2.05, 4.69) is 25.2 Å². The van der Waals surface area contributed by atoms with Crippen LogP contribution in [0.15, 0.2) is 54.6 Å². The second kappa shape index (κ2) is 9.75. The fraction of sp³-hybridized carbons (Fsp3) is 0.333. The molecule has 1 aliphatic rings. The third-order valence-corrected chi connectivity index (χ3v) is 5.49. The number of nitrogens with one attached hydrogen (secondary N) is 1. The maximum atomic E-state index is 12.6. The van der Waals surface area contributed by atoms with Crippen molar-refractivity contribution in [3.63, 3.8) is 0 Å². The van der Waals surface area contributed by atoms with Gasteiger partial charge >= 0.3 is 0 Å². The van der Waals surface area contributed by atoms with Gasteiger partial charge in [0, 0.05) is 30.2 Å². The molecule has 0 saturated carbocycles. The normalized spacial score (nSPS) is 16.9. The van der Waals surface area contributed by atoms with Crippen LogP contribution >= 0.6 is 11.6 Å². The molecule has 0 bridgehead atoms. The van der Waals surface area contributed by atoms with E-state index >= 15 is 0 Å². The number of anilines is 1. The first-order valence-corrected chi connectivity index (χ1v) is 10.5. The summed E-state index contributed by atoms with van der Waals surface area (Å²) in [6.45, 7) is 5.13. The number of carbonyl (C=O) groups is 2. The molecule has 0 aromatic heterocycles. The van der Waals surface area contributed by atoms with E-state index in [9.17, 15) is 9.59 Å². The monoisotopic (exact) mass is 410 g/mol. The molecular formula is C24H27ClN2O2. The van der Waals surface area contributed by atoms with E-state index in [4.69, 9.17) is 11.6 Å². The second-order valence-corrected chi connectivity index (χ2v) is 7.82. The topological polar surface area (TPSA) is 49.4 Å². The van der Waals surface area contributed by atoms with E-state index in [1.807, 2.05) is 48.5 Å². The molecule has 2 aromatic rings. The molecule has 2 amide bonds. The highest BCUT2D eigenvalue weighted by Crippen LogP contribution is 2.27. The lowest BCUT2D eigenvalue weighted by molar-refractivity contribution is -0.126. The van der Waals surface area contributed by atoms with Gasteiger partial charge in [0.15, 0.2) is 0 Å². The highest BCUT2D eigenvalue weighted by molar-refractivity contribution is 6.30. The molecule has 1 saturated heterocycles. The van der Waals surface area contributed by atoms with Crippen molar-refractivity contribution in [1.29, 1.82) is 0 Å². The molecule has 1 unspecified atom stereocenters. The van der Waals surface area contributed by atoms with Crippen molar-refractivity contribution >= 4 is 34.7 Å². The summed E-state index contributed by atoms with van der Waals surface area (Å²) in [5, 5.41) is 3.73. The zero-order chi connectivity index (χ0) is 20.8. The Labute approximate surface area is 177 Å². The number of rotatable bonds is 7. The van der Waals surface area contributed by atoms with E-state index in [1.54, 1.807) is 4.90 Å². The minimum absolute atomic E-state index is 0.00234. The Bertz CT molecular complexity index is 908. The lowest BCUT2D eigenvalue weighted by Gasteiger charge is -2.17. The van der Waals surface area contributed by atoms with Crippen LogP contribution in [0.1, 0.15) is 37.3 Å². The first-order valence-electron chi connectivity index (χ1n) is 10.1. The summed E-state index contributed by atoms with van der Waals surface area (Å²) in [7, 11) is 0. The Morgan fingerprint density at radius 1 is 1.24 bits per heavy atom. The third-order valence-electron chi connectivity index (χ3n) is 5.25. The number of benzene rings is 2. The molecule has 1 fully saturated rings. The average molecular weight is 411 g/mol. The van der Waals surface area contributed by atoms with Gasteiger partial charge in [-0.2, -0.15) is 0 Å². The minimum Gasteiger partial charge on any atom is -0.355 e. The van der Waals surface area contributed by atoms with Gasteiger partial charge in [-0.3, -0.25) is 9.59 Å². The SMILES string of the molecule is CCC=C(CCNC(=O)C1CC(=O)N(c2ccccc2)C1)c1cc(Cl)ccc1C. The van der Waals surface area contributed by atoms with Gasteiger partial charge in [0.05, 0.1) is 5.92 Å². The fourth-order valence-electron chi connectivity index (χ4n) is 3.74. The van der Waals surface area contributed by atoms with Gasteiger partial charge in [0.1, 0.15) is 0 Å². The van der Waals surface area contributed by atoms with E-state index in [-0.39, 0.29) is 24.2 Å². The lowest BCUT2D eigenvalue weighted by Crippen LogP contribution is -2.33. The minimum atomic E-state index is -0.311. The first kappa shape index (κ1) is 21.1. The molecule has 1 N–H and O–H groups in total. The number of nitrogens with zero attached hydrogens (tertiary/aromatic N) is 1. The number of halogens is 1. The van der Waals surface area contributed by atoms with Crippen LogP contribution in [-0.2, 0) is 9.59 Å². The summed E-state index contributed by atoms with van der Waals surface area (Å²) in [4.78, 5) is 26.7. The van der Waals surface area contributed by atoms with Crippen LogP contribution in [0.5, 0.6) is 0 Å². The highest BCUT2D eigenvalue weighted by atomic mass is 35.5. The summed E-state index contributed by atoms with van der Waals surface area (Å²) < 4.78 is 0. The molecular weight excluding hydrogens is 384 g/mol. The lowest BCUT2D eigenvalue weighted by atomic mass is 9.97. The smallest absolute Gasteiger partial charge is 0.227 e. The Kier molecular flexibility index (Phi) is 7.10. The Balaban J connectivity index is 1.58. The van der Waals surface area contributed by atoms with Gasteiger partial charge in [-0.05, 0) is 60.7 Å². The predicted octanol–water partition coefficient (Wildman–Crippen LogP) is 5.00. The zero-order valence-electron chi connectivity index (χ0n) is 17.0. The third kappa shape index (κ3) is 5.27. The molecule has 1 aliphatic heterocycles. The molecule has 4 nitrogen and oxygen atoms in total. The van der Waals surface area contributed by atoms with Crippen LogP contribution in [-0.4, -0.2) is 24.9 Å². The van der Waals surface area contributed by atoms with Crippen molar-refractivity contribution in [3.8, 4) is 0 Å². The summed E-state index contributed by atoms with van der Waals surface area (Å²) in [6, 6.07) is 15.4. The van der Waals surface area contributed by atoms with Gasteiger partial charge in [-0.25, -0.2) is 0 Å². The molecule has 152 valence electrons. The van der Waals surface area contributed by atoms with Crippen molar-refractivity contribution in [2.45, 2.75) is 33.1 Å². The maximum Gasteiger partial charge on any atom is 0.227 e. The highest BCUT2D eigenvalue weighted by Gasteiger charge is 2.34. The van der Waals surface area contributed by atoms with Gasteiger partial charge in [0.25, 0.3) is 0 Å². The van der Waals surface area contributed by atoms with E-state index in [0.29, 0.717) is 18.1 Å². The Morgan fingerprint density at radius 2 is 2.00 bits per heavy atom. The molecule has 1 atom stereocenters. The second-order valence-electron chi connectivity index (χ2n) is 7.38. The van der Waals surface area contributed by atoms with Crippen molar-refractivity contribution in [3.05, 3.63) is 70.8 Å². The first-order chi connectivity index (χ1) is 14.0. The van der Waals surface area contributed by atoms with Gasteiger partial charge < -0.3 is 10.2 Å². The van der Waals surface area contributed by atoms with Crippen LogP contribution < -0.4 is 10.2 Å². The number of carbonyl (C=O) groups excluding carboxylic acids is 2. The van der Waals surface area contributed by atoms with Gasteiger partial charge in [-0.1, -0.05) is 48.9 Å². The fourth-order valence-corrected chi connectivity index (χ4v) is 3.91. The summed E-state index contributed by atoms with van der Waals surface area (Å²) >= 11 is 6.18. The van der Waals surface area contributed by atoms with Crippen LogP contribution in [0.25, 0.3) is 5.57 Å². The molecule has 0 radical (unpaired) electrons. The molecule has 29 heavy (non-hydrogen) atoms. The largest absolute Gasteiger partial charge is 0.355 e. The predicted molar refractivity (Wildman–Crippen MR) is 119 cm³/mol. The van der Waals surface area contributed by atoms with Crippen LogP contribution in [0.3, 0.4) is 0 Å². The van der Waals surface area contributed by atoms with E-state index < -0.39 is 0 Å². The number of hydrogen-bond acceptors (Lipinski definition) is 2. The summed E-state index contributed by atoms with van der Waals surface area (Å²) in [5.74, 6) is -0.373. The van der Waals surface area contributed by atoms with Crippen LogP contribution in [0.4, 0.5) is 5.69 Å². The van der Waals surface area contributed by atoms with Crippen LogP contribution in [0, 0.1) is 12.8 Å². The summed E-state index contributed by atoms with van der Waals surface area (Å²) in [6.07, 6.45) is 4.08. The number of amides is 2. The summed E-state index contributed by atoms with van der Waals surface area (Å²) in [5.41, 5.74) is 4.32. The van der Waals surface area contributed by atoms with Gasteiger partial charge in [0.2, 0.25) is 11.8 Å². The molecule has 5 heteroatoms. The number of hydrogen-bond donors (Lipinski definition) is 1. The van der Waals surface area contributed by atoms with E-state index in [0.717, 1.165) is 24.1 Å². The average Bonchev–Trinajstić information content (AvgIpc) is 3.11. The van der Waals surface area contributed by atoms with Crippen molar-refractivity contribution in [1.82, 2.24) is 5.32 Å².